The molecule has 28 heavy (non-hydrogen) atoms. The highest BCUT2D eigenvalue weighted by molar-refractivity contribution is 5.94. The van der Waals surface area contributed by atoms with Gasteiger partial charge in [0.25, 0.3) is 5.91 Å². The number of halogens is 1. The lowest BCUT2D eigenvalue weighted by molar-refractivity contribution is -0.140. The molecule has 8 heteroatoms. The van der Waals surface area contributed by atoms with E-state index < -0.39 is 0 Å². The summed E-state index contributed by atoms with van der Waals surface area (Å²) in [5.74, 6) is 0.124. The number of rotatable bonds is 6. The van der Waals surface area contributed by atoms with Crippen LogP contribution in [-0.2, 0) is 9.59 Å². The van der Waals surface area contributed by atoms with E-state index in [1.54, 1.807) is 12.1 Å². The zero-order valence-corrected chi connectivity index (χ0v) is 16.9. The minimum absolute atomic E-state index is 0. The van der Waals surface area contributed by atoms with E-state index in [2.05, 4.69) is 10.6 Å². The average molecular weight is 409 g/mol. The molecule has 1 aromatic rings. The fraction of sp³-hybridized carbons (Fsp3) is 0.550. The molecule has 2 heterocycles. The lowest BCUT2D eigenvalue weighted by atomic mass is 10.0. The van der Waals surface area contributed by atoms with Crippen molar-refractivity contribution in [2.45, 2.75) is 31.7 Å². The molecule has 2 saturated heterocycles. The molecule has 1 unspecified atom stereocenters. The Labute approximate surface area is 172 Å². The number of likely N-dealkylation sites (tertiary alicyclic amines) is 1. The molecule has 2 N–H and O–H groups in total. The normalized spacial score (nSPS) is 19.7. The van der Waals surface area contributed by atoms with Crippen LogP contribution in [0.5, 0.6) is 0 Å². The van der Waals surface area contributed by atoms with Gasteiger partial charge in [-0.05, 0) is 31.4 Å². The highest BCUT2D eigenvalue weighted by atomic mass is 35.5. The molecular formula is C20H29ClN4O3. The highest BCUT2D eigenvalue weighted by Gasteiger charge is 2.31. The smallest absolute Gasteiger partial charge is 0.251 e. The molecule has 2 fully saturated rings. The van der Waals surface area contributed by atoms with E-state index >= 15 is 0 Å². The van der Waals surface area contributed by atoms with Gasteiger partial charge in [-0.1, -0.05) is 18.2 Å². The minimum Gasteiger partial charge on any atom is -0.352 e. The Balaban J connectivity index is 0.00000280. The van der Waals surface area contributed by atoms with Crippen molar-refractivity contribution >= 4 is 30.1 Å². The molecule has 1 atom stereocenters. The third-order valence-corrected chi connectivity index (χ3v) is 5.21. The zero-order chi connectivity index (χ0) is 19.1. The van der Waals surface area contributed by atoms with Gasteiger partial charge in [0.2, 0.25) is 11.8 Å². The van der Waals surface area contributed by atoms with Gasteiger partial charge >= 0.3 is 0 Å². The summed E-state index contributed by atoms with van der Waals surface area (Å²) in [6, 6.07) is 9.20. The summed E-state index contributed by atoms with van der Waals surface area (Å²) in [6.07, 6.45) is 2.92. The van der Waals surface area contributed by atoms with Gasteiger partial charge in [0.1, 0.15) is 0 Å². The quantitative estimate of drug-likeness (QED) is 0.689. The first-order valence-corrected chi connectivity index (χ1v) is 9.76. The van der Waals surface area contributed by atoms with Gasteiger partial charge in [-0.15, -0.1) is 12.4 Å². The van der Waals surface area contributed by atoms with E-state index in [4.69, 9.17) is 0 Å². The zero-order valence-electron chi connectivity index (χ0n) is 16.1. The Morgan fingerprint density at radius 2 is 1.96 bits per heavy atom. The molecule has 3 rings (SSSR count). The number of amides is 3. The second kappa shape index (κ2) is 11.0. The van der Waals surface area contributed by atoms with Gasteiger partial charge in [0.15, 0.2) is 0 Å². The van der Waals surface area contributed by atoms with Crippen LogP contribution in [0.15, 0.2) is 30.3 Å². The first kappa shape index (κ1) is 22.2. The number of carbonyl (C=O) groups is 3. The number of piperazine rings is 1. The van der Waals surface area contributed by atoms with E-state index in [0.29, 0.717) is 38.0 Å². The Hall–Kier alpha value is -2.12. The third kappa shape index (κ3) is 5.94. The van der Waals surface area contributed by atoms with E-state index in [1.165, 1.54) is 0 Å². The first-order chi connectivity index (χ1) is 13.1. The van der Waals surface area contributed by atoms with Gasteiger partial charge in [0.05, 0.1) is 6.54 Å². The molecule has 2 aliphatic rings. The maximum Gasteiger partial charge on any atom is 0.251 e. The van der Waals surface area contributed by atoms with Crippen LogP contribution >= 0.6 is 12.4 Å². The maximum atomic E-state index is 12.5. The first-order valence-electron chi connectivity index (χ1n) is 9.76. The van der Waals surface area contributed by atoms with Crippen molar-refractivity contribution in [1.82, 2.24) is 20.4 Å². The van der Waals surface area contributed by atoms with E-state index in [9.17, 15) is 14.4 Å². The topological polar surface area (TPSA) is 81.8 Å². The molecular weight excluding hydrogens is 380 g/mol. The SMILES string of the molecule is Cl.O=C(NCCCC(=O)N1CCCC(N2CCNCC2=O)C1)c1ccccc1. The predicted molar refractivity (Wildman–Crippen MR) is 109 cm³/mol. The Morgan fingerprint density at radius 3 is 2.71 bits per heavy atom. The standard InChI is InChI=1S/C20H28N4O3.ClH/c25-18(9-4-10-22-20(27)16-6-2-1-3-7-16)23-12-5-8-17(15-23)24-13-11-21-14-19(24)26;/h1-3,6-7,17,21H,4-5,8-15H2,(H,22,27);1H. The minimum atomic E-state index is -0.113. The third-order valence-electron chi connectivity index (χ3n) is 5.21. The maximum absolute atomic E-state index is 12.5. The molecule has 0 aromatic heterocycles. The fourth-order valence-corrected chi connectivity index (χ4v) is 3.73. The predicted octanol–water partition coefficient (Wildman–Crippen LogP) is 1.04. The number of carbonyl (C=O) groups excluding carboxylic acids is 3. The second-order valence-electron chi connectivity index (χ2n) is 7.13. The van der Waals surface area contributed by atoms with Gasteiger partial charge in [0, 0.05) is 50.7 Å². The lowest BCUT2D eigenvalue weighted by Gasteiger charge is -2.41. The van der Waals surface area contributed by atoms with Crippen LogP contribution in [-0.4, -0.2) is 72.8 Å². The van der Waals surface area contributed by atoms with Crippen LogP contribution in [0.1, 0.15) is 36.0 Å². The van der Waals surface area contributed by atoms with Crippen LogP contribution in [0.25, 0.3) is 0 Å². The molecule has 0 saturated carbocycles. The monoisotopic (exact) mass is 408 g/mol. The molecule has 3 amide bonds. The molecule has 7 nitrogen and oxygen atoms in total. The summed E-state index contributed by atoms with van der Waals surface area (Å²) in [4.78, 5) is 40.4. The largest absolute Gasteiger partial charge is 0.352 e. The van der Waals surface area contributed by atoms with Crippen LogP contribution in [0.3, 0.4) is 0 Å². The van der Waals surface area contributed by atoms with Crippen molar-refractivity contribution in [3.05, 3.63) is 35.9 Å². The Morgan fingerprint density at radius 1 is 1.18 bits per heavy atom. The van der Waals surface area contributed by atoms with Gasteiger partial charge in [-0.3, -0.25) is 14.4 Å². The Bertz CT molecular complexity index is 671. The summed E-state index contributed by atoms with van der Waals surface area (Å²) in [5.41, 5.74) is 0.628. The van der Waals surface area contributed by atoms with Gasteiger partial charge in [-0.25, -0.2) is 0 Å². The number of hydrogen-bond donors (Lipinski definition) is 2. The number of nitrogens with one attached hydrogen (secondary N) is 2. The Kier molecular flexibility index (Phi) is 8.73. The molecule has 0 radical (unpaired) electrons. The van der Waals surface area contributed by atoms with Crippen molar-refractivity contribution in [2.75, 3.05) is 39.3 Å². The number of piperidine rings is 1. The summed E-state index contributed by atoms with van der Waals surface area (Å²) in [5, 5.41) is 5.94. The van der Waals surface area contributed by atoms with Gasteiger partial charge < -0.3 is 20.4 Å². The number of benzene rings is 1. The highest BCUT2D eigenvalue weighted by Crippen LogP contribution is 2.18. The van der Waals surface area contributed by atoms with Crippen molar-refractivity contribution < 1.29 is 14.4 Å². The number of nitrogens with zero attached hydrogens (tertiary/aromatic N) is 2. The molecule has 0 spiro atoms. The van der Waals surface area contributed by atoms with Crippen molar-refractivity contribution in [3.8, 4) is 0 Å². The van der Waals surface area contributed by atoms with Crippen LogP contribution in [0.2, 0.25) is 0 Å². The van der Waals surface area contributed by atoms with E-state index in [-0.39, 0.29) is 36.2 Å². The molecule has 0 bridgehead atoms. The molecule has 0 aliphatic carbocycles. The van der Waals surface area contributed by atoms with Crippen LogP contribution in [0.4, 0.5) is 0 Å². The van der Waals surface area contributed by atoms with Gasteiger partial charge in [-0.2, -0.15) is 0 Å². The van der Waals surface area contributed by atoms with Crippen molar-refractivity contribution in [3.63, 3.8) is 0 Å². The average Bonchev–Trinajstić information content (AvgIpc) is 2.72. The summed E-state index contributed by atoms with van der Waals surface area (Å²) in [6.45, 7) is 3.79. The summed E-state index contributed by atoms with van der Waals surface area (Å²) in [7, 11) is 0. The van der Waals surface area contributed by atoms with Crippen molar-refractivity contribution in [2.24, 2.45) is 0 Å². The second-order valence-corrected chi connectivity index (χ2v) is 7.13. The molecule has 2 aliphatic heterocycles. The molecule has 1 aromatic carbocycles. The lowest BCUT2D eigenvalue weighted by Crippen LogP contribution is -2.57. The number of hydrogen-bond acceptors (Lipinski definition) is 4. The molecule has 154 valence electrons. The fourth-order valence-electron chi connectivity index (χ4n) is 3.73. The summed E-state index contributed by atoms with van der Waals surface area (Å²) < 4.78 is 0. The van der Waals surface area contributed by atoms with Crippen LogP contribution in [0, 0.1) is 0 Å². The van der Waals surface area contributed by atoms with E-state index in [0.717, 1.165) is 32.5 Å². The van der Waals surface area contributed by atoms with Crippen molar-refractivity contribution in [1.29, 1.82) is 0 Å². The van der Waals surface area contributed by atoms with Crippen LogP contribution < -0.4 is 10.6 Å². The summed E-state index contributed by atoms with van der Waals surface area (Å²) >= 11 is 0. The van der Waals surface area contributed by atoms with E-state index in [1.807, 2.05) is 28.0 Å².